The highest BCUT2D eigenvalue weighted by atomic mass is 19.4. The lowest BCUT2D eigenvalue weighted by atomic mass is 9.60. The number of hydrogen-bond donors (Lipinski definition) is 1. The van der Waals surface area contributed by atoms with Crippen LogP contribution in [0.1, 0.15) is 52.9 Å². The van der Waals surface area contributed by atoms with E-state index in [1.807, 2.05) is 0 Å². The maximum Gasteiger partial charge on any atom is 0.426 e. The van der Waals surface area contributed by atoms with Gasteiger partial charge in [0, 0.05) is 0 Å². The van der Waals surface area contributed by atoms with Crippen molar-refractivity contribution < 1.29 is 41.0 Å². The van der Waals surface area contributed by atoms with Gasteiger partial charge in [0.25, 0.3) is 5.60 Å². The fourth-order valence-electron chi connectivity index (χ4n) is 4.05. The standard InChI is InChI=1S/C17H24F6O3/c1-14(2,3)13(24)26-12-7-9-4-5-11(12)10(6-9)8-15(25,16(18,19)20)17(21,22)23/h9-12,25H,4-8H2,1-3H3. The lowest BCUT2D eigenvalue weighted by Crippen LogP contribution is -2.59. The van der Waals surface area contributed by atoms with Crippen LogP contribution in [-0.4, -0.2) is 35.1 Å². The van der Waals surface area contributed by atoms with Gasteiger partial charge < -0.3 is 9.84 Å². The average Bonchev–Trinajstić information content (AvgIpc) is 2.44. The summed E-state index contributed by atoms with van der Waals surface area (Å²) in [5.41, 5.74) is -5.56. The van der Waals surface area contributed by atoms with E-state index >= 15 is 0 Å². The molecule has 3 saturated carbocycles. The lowest BCUT2D eigenvalue weighted by Gasteiger charge is -2.49. The van der Waals surface area contributed by atoms with Crippen LogP contribution < -0.4 is 0 Å². The van der Waals surface area contributed by atoms with Crippen LogP contribution in [0, 0.1) is 23.2 Å². The van der Waals surface area contributed by atoms with Crippen molar-refractivity contribution in [3.63, 3.8) is 0 Å². The van der Waals surface area contributed by atoms with Gasteiger partial charge in [0.15, 0.2) is 0 Å². The first-order chi connectivity index (χ1) is 11.6. The van der Waals surface area contributed by atoms with E-state index in [1.165, 1.54) is 0 Å². The Balaban J connectivity index is 2.21. The molecule has 9 heteroatoms. The van der Waals surface area contributed by atoms with Gasteiger partial charge in [0.2, 0.25) is 0 Å². The number of rotatable bonds is 3. The van der Waals surface area contributed by atoms with Gasteiger partial charge in [-0.1, -0.05) is 0 Å². The first kappa shape index (κ1) is 21.3. The van der Waals surface area contributed by atoms with E-state index in [0.717, 1.165) is 0 Å². The van der Waals surface area contributed by atoms with E-state index in [0.29, 0.717) is 19.3 Å². The van der Waals surface area contributed by atoms with Gasteiger partial charge in [-0.05, 0) is 70.6 Å². The van der Waals surface area contributed by atoms with Gasteiger partial charge in [0.05, 0.1) is 5.41 Å². The Bertz CT molecular complexity index is 520. The normalized spacial score (nSPS) is 30.4. The zero-order valence-corrected chi connectivity index (χ0v) is 14.9. The maximum absolute atomic E-state index is 13.0. The highest BCUT2D eigenvalue weighted by molar-refractivity contribution is 5.75. The second kappa shape index (κ2) is 6.56. The zero-order chi connectivity index (χ0) is 20.1. The lowest BCUT2D eigenvalue weighted by molar-refractivity contribution is -0.375. The summed E-state index contributed by atoms with van der Waals surface area (Å²) in [5.74, 6) is -2.25. The number of carbonyl (C=O) groups is 1. The average molecular weight is 390 g/mol. The van der Waals surface area contributed by atoms with Crippen LogP contribution in [-0.2, 0) is 9.53 Å². The second-order valence-corrected chi connectivity index (χ2v) is 8.59. The SMILES string of the molecule is CC(C)(C)C(=O)OC1CC2CCC1C(CC(O)(C(F)(F)F)C(F)(F)F)C2. The van der Waals surface area contributed by atoms with Gasteiger partial charge in [-0.25, -0.2) is 0 Å². The minimum Gasteiger partial charge on any atom is -0.462 e. The summed E-state index contributed by atoms with van der Waals surface area (Å²) in [5, 5.41) is 9.50. The van der Waals surface area contributed by atoms with Crippen LogP contribution in [0.3, 0.4) is 0 Å². The molecule has 0 aliphatic heterocycles. The van der Waals surface area contributed by atoms with E-state index in [2.05, 4.69) is 0 Å². The Morgan fingerprint density at radius 3 is 1.96 bits per heavy atom. The molecule has 3 nitrogen and oxygen atoms in total. The number of fused-ring (bicyclic) bond motifs is 3. The van der Waals surface area contributed by atoms with Crippen molar-refractivity contribution in [2.75, 3.05) is 0 Å². The van der Waals surface area contributed by atoms with E-state index in [1.54, 1.807) is 20.8 Å². The molecule has 0 amide bonds. The molecule has 4 atom stereocenters. The summed E-state index contributed by atoms with van der Waals surface area (Å²) in [6.45, 7) is 4.87. The monoisotopic (exact) mass is 390 g/mol. The maximum atomic E-state index is 13.0. The number of carbonyl (C=O) groups excluding carboxylic acids is 1. The van der Waals surface area contributed by atoms with Crippen molar-refractivity contribution in [1.82, 2.24) is 0 Å². The molecular weight excluding hydrogens is 366 g/mol. The molecule has 3 aliphatic carbocycles. The number of halogens is 6. The van der Waals surface area contributed by atoms with Crippen LogP contribution in [0.25, 0.3) is 0 Å². The van der Waals surface area contributed by atoms with Crippen LogP contribution in [0.4, 0.5) is 26.3 Å². The Kier molecular flexibility index (Phi) is 5.38. The molecule has 4 unspecified atom stereocenters. The topological polar surface area (TPSA) is 46.5 Å². The smallest absolute Gasteiger partial charge is 0.426 e. The molecule has 152 valence electrons. The fraction of sp³-hybridized carbons (Fsp3) is 0.941. The second-order valence-electron chi connectivity index (χ2n) is 8.59. The summed E-state index contributed by atoms with van der Waals surface area (Å²) >= 11 is 0. The molecule has 26 heavy (non-hydrogen) atoms. The van der Waals surface area contributed by atoms with Crippen LogP contribution in [0.2, 0.25) is 0 Å². The number of ether oxygens (including phenoxy) is 1. The van der Waals surface area contributed by atoms with Crippen LogP contribution in [0.15, 0.2) is 0 Å². The largest absolute Gasteiger partial charge is 0.462 e. The molecular formula is C17H24F6O3. The van der Waals surface area contributed by atoms with Crippen molar-refractivity contribution >= 4 is 5.97 Å². The predicted molar refractivity (Wildman–Crippen MR) is 79.9 cm³/mol. The third-order valence-corrected chi connectivity index (χ3v) is 5.56. The van der Waals surface area contributed by atoms with Gasteiger partial charge in [-0.2, -0.15) is 26.3 Å². The number of alkyl halides is 6. The quantitative estimate of drug-likeness (QED) is 0.565. The highest BCUT2D eigenvalue weighted by Crippen LogP contribution is 2.54. The molecule has 0 heterocycles. The molecule has 0 radical (unpaired) electrons. The Morgan fingerprint density at radius 2 is 1.54 bits per heavy atom. The van der Waals surface area contributed by atoms with Crippen LogP contribution in [0.5, 0.6) is 0 Å². The molecule has 0 aromatic rings. The summed E-state index contributed by atoms with van der Waals surface area (Å²) in [6, 6.07) is 0. The zero-order valence-electron chi connectivity index (χ0n) is 14.9. The van der Waals surface area contributed by atoms with Crippen LogP contribution >= 0.6 is 0 Å². The first-order valence-corrected chi connectivity index (χ1v) is 8.63. The Hall–Kier alpha value is -0.990. The van der Waals surface area contributed by atoms with Crippen molar-refractivity contribution in [3.8, 4) is 0 Å². The molecule has 0 spiro atoms. The molecule has 1 N–H and O–H groups in total. The summed E-state index contributed by atoms with van der Waals surface area (Å²) in [7, 11) is 0. The van der Waals surface area contributed by atoms with Crippen molar-refractivity contribution in [2.24, 2.45) is 23.2 Å². The Morgan fingerprint density at radius 1 is 1.00 bits per heavy atom. The molecule has 0 aromatic carbocycles. The number of aliphatic hydroxyl groups is 1. The van der Waals surface area contributed by atoms with Gasteiger partial charge in [-0.3, -0.25) is 4.79 Å². The fourth-order valence-corrected chi connectivity index (χ4v) is 4.05. The Labute approximate surface area is 148 Å². The highest BCUT2D eigenvalue weighted by Gasteiger charge is 2.71. The molecule has 3 fully saturated rings. The van der Waals surface area contributed by atoms with E-state index < -0.39 is 53.7 Å². The molecule has 3 aliphatic rings. The van der Waals surface area contributed by atoms with Crippen molar-refractivity contribution in [2.45, 2.75) is 76.9 Å². The van der Waals surface area contributed by atoms with Gasteiger partial charge in [0.1, 0.15) is 6.10 Å². The number of hydrogen-bond acceptors (Lipinski definition) is 3. The van der Waals surface area contributed by atoms with Gasteiger partial charge >= 0.3 is 18.3 Å². The summed E-state index contributed by atoms with van der Waals surface area (Å²) < 4.78 is 83.5. The van der Waals surface area contributed by atoms with Crippen molar-refractivity contribution in [1.29, 1.82) is 0 Å². The summed E-state index contributed by atoms with van der Waals surface area (Å²) in [6.07, 6.45) is -12.1. The minimum absolute atomic E-state index is 0.103. The molecule has 2 bridgehead atoms. The molecule has 3 rings (SSSR count). The first-order valence-electron chi connectivity index (χ1n) is 8.63. The summed E-state index contributed by atoms with van der Waals surface area (Å²) in [4.78, 5) is 12.1. The van der Waals surface area contributed by atoms with E-state index in [9.17, 15) is 36.2 Å². The van der Waals surface area contributed by atoms with Gasteiger partial charge in [-0.15, -0.1) is 0 Å². The minimum atomic E-state index is -5.82. The third kappa shape index (κ3) is 3.97. The molecule has 0 aromatic heterocycles. The molecule has 0 saturated heterocycles. The van der Waals surface area contributed by atoms with E-state index in [4.69, 9.17) is 4.74 Å². The third-order valence-electron chi connectivity index (χ3n) is 5.56. The number of esters is 1. The predicted octanol–water partition coefficient (Wildman–Crippen LogP) is 4.63. The van der Waals surface area contributed by atoms with E-state index in [-0.39, 0.29) is 12.3 Å². The van der Waals surface area contributed by atoms with Crippen molar-refractivity contribution in [3.05, 3.63) is 0 Å².